The van der Waals surface area contributed by atoms with Gasteiger partial charge in [-0.3, -0.25) is 9.89 Å². The number of anilines is 1. The van der Waals surface area contributed by atoms with E-state index in [1.54, 1.807) is 6.07 Å². The van der Waals surface area contributed by atoms with Crippen LogP contribution in [0.3, 0.4) is 0 Å². The van der Waals surface area contributed by atoms with Crippen LogP contribution in [0.15, 0.2) is 6.07 Å². The number of nitrogen functional groups attached to an aromatic ring is 1. The highest BCUT2D eigenvalue weighted by Crippen LogP contribution is 2.10. The Kier molecular flexibility index (Phi) is 3.63. The van der Waals surface area contributed by atoms with E-state index in [1.165, 1.54) is 0 Å². The Bertz CT molecular complexity index is 381. The minimum atomic E-state index is -0.121. The first-order valence-corrected chi connectivity index (χ1v) is 6.03. The molecule has 0 spiro atoms. The molecule has 0 atom stereocenters. The quantitative estimate of drug-likeness (QED) is 0.701. The third-order valence-electron chi connectivity index (χ3n) is 3.21. The van der Waals surface area contributed by atoms with Crippen LogP contribution in [0.4, 0.5) is 5.82 Å². The average molecular weight is 237 g/mol. The van der Waals surface area contributed by atoms with Crippen LogP contribution in [0.5, 0.6) is 0 Å². The maximum absolute atomic E-state index is 11.8. The van der Waals surface area contributed by atoms with Crippen molar-refractivity contribution >= 4 is 11.7 Å². The van der Waals surface area contributed by atoms with Gasteiger partial charge in [0.2, 0.25) is 0 Å². The van der Waals surface area contributed by atoms with Crippen molar-refractivity contribution in [3.05, 3.63) is 11.8 Å². The molecule has 6 nitrogen and oxygen atoms in total. The van der Waals surface area contributed by atoms with Gasteiger partial charge in [0.05, 0.1) is 0 Å². The largest absolute Gasteiger partial charge is 0.382 e. The maximum atomic E-state index is 11.8. The summed E-state index contributed by atoms with van der Waals surface area (Å²) < 4.78 is 0. The molecule has 0 bridgehead atoms. The van der Waals surface area contributed by atoms with Crippen molar-refractivity contribution in [2.75, 3.05) is 25.4 Å². The third kappa shape index (κ3) is 2.97. The number of aromatic amines is 1. The molecule has 0 radical (unpaired) electrons. The monoisotopic (exact) mass is 237 g/mol. The Hall–Kier alpha value is -1.56. The minimum Gasteiger partial charge on any atom is -0.382 e. The average Bonchev–Trinajstić information content (AvgIpc) is 2.77. The SMILES string of the molecule is CCN1CCC(NC(=O)c2cc(N)n[nH]2)CC1. The number of nitrogens with two attached hydrogens (primary N) is 1. The number of piperidine rings is 1. The van der Waals surface area contributed by atoms with E-state index in [0.29, 0.717) is 11.5 Å². The number of hydrogen-bond donors (Lipinski definition) is 3. The molecule has 0 unspecified atom stereocenters. The van der Waals surface area contributed by atoms with Crippen molar-refractivity contribution < 1.29 is 4.79 Å². The second-order valence-electron chi connectivity index (χ2n) is 4.39. The Balaban J connectivity index is 1.84. The molecule has 1 aromatic rings. The second kappa shape index (κ2) is 5.18. The zero-order chi connectivity index (χ0) is 12.3. The lowest BCUT2D eigenvalue weighted by Crippen LogP contribution is -2.44. The molecule has 2 rings (SSSR count). The lowest BCUT2D eigenvalue weighted by Gasteiger charge is -2.31. The number of carbonyl (C=O) groups is 1. The summed E-state index contributed by atoms with van der Waals surface area (Å²) in [6.45, 7) is 5.34. The van der Waals surface area contributed by atoms with Crippen LogP contribution >= 0.6 is 0 Å². The van der Waals surface area contributed by atoms with Gasteiger partial charge in [-0.1, -0.05) is 6.92 Å². The van der Waals surface area contributed by atoms with E-state index in [-0.39, 0.29) is 11.9 Å². The van der Waals surface area contributed by atoms with E-state index >= 15 is 0 Å². The molecular weight excluding hydrogens is 218 g/mol. The van der Waals surface area contributed by atoms with Crippen LogP contribution in [0, 0.1) is 0 Å². The number of carbonyl (C=O) groups excluding carboxylic acids is 1. The van der Waals surface area contributed by atoms with Gasteiger partial charge in [-0.25, -0.2) is 0 Å². The fourth-order valence-electron chi connectivity index (χ4n) is 2.11. The van der Waals surface area contributed by atoms with Crippen LogP contribution < -0.4 is 11.1 Å². The summed E-state index contributed by atoms with van der Waals surface area (Å²) in [5, 5.41) is 9.36. The van der Waals surface area contributed by atoms with Crippen LogP contribution in [-0.4, -0.2) is 46.7 Å². The predicted molar refractivity (Wildman–Crippen MR) is 65.6 cm³/mol. The topological polar surface area (TPSA) is 87.0 Å². The lowest BCUT2D eigenvalue weighted by atomic mass is 10.1. The number of likely N-dealkylation sites (tertiary alicyclic amines) is 1. The molecule has 94 valence electrons. The highest BCUT2D eigenvalue weighted by Gasteiger charge is 2.20. The Labute approximate surface area is 101 Å². The van der Waals surface area contributed by atoms with E-state index in [0.717, 1.165) is 32.5 Å². The highest BCUT2D eigenvalue weighted by atomic mass is 16.2. The first kappa shape index (κ1) is 11.9. The van der Waals surface area contributed by atoms with Gasteiger partial charge in [0.1, 0.15) is 11.5 Å². The number of nitrogens with one attached hydrogen (secondary N) is 2. The van der Waals surface area contributed by atoms with Gasteiger partial charge in [-0.05, 0) is 19.4 Å². The number of hydrogen-bond acceptors (Lipinski definition) is 4. The number of aromatic nitrogens is 2. The summed E-state index contributed by atoms with van der Waals surface area (Å²) in [6, 6.07) is 1.81. The smallest absolute Gasteiger partial charge is 0.269 e. The van der Waals surface area contributed by atoms with Crippen LogP contribution in [0.2, 0.25) is 0 Å². The van der Waals surface area contributed by atoms with Crippen LogP contribution in [0.25, 0.3) is 0 Å². The van der Waals surface area contributed by atoms with Gasteiger partial charge in [0.25, 0.3) is 5.91 Å². The number of rotatable bonds is 3. The van der Waals surface area contributed by atoms with Gasteiger partial charge in [0, 0.05) is 25.2 Å². The zero-order valence-corrected chi connectivity index (χ0v) is 10.1. The van der Waals surface area contributed by atoms with E-state index < -0.39 is 0 Å². The molecular formula is C11H19N5O. The molecule has 1 fully saturated rings. The predicted octanol–water partition coefficient (Wildman–Crippen LogP) is 0.206. The molecule has 17 heavy (non-hydrogen) atoms. The van der Waals surface area contributed by atoms with Gasteiger partial charge in [-0.15, -0.1) is 0 Å². The summed E-state index contributed by atoms with van der Waals surface area (Å²) >= 11 is 0. The summed E-state index contributed by atoms with van der Waals surface area (Å²) in [5.41, 5.74) is 5.89. The minimum absolute atomic E-state index is 0.121. The molecule has 6 heteroatoms. The molecule has 0 aromatic carbocycles. The summed E-state index contributed by atoms with van der Waals surface area (Å²) in [7, 11) is 0. The van der Waals surface area contributed by atoms with E-state index in [1.807, 2.05) is 0 Å². The van der Waals surface area contributed by atoms with Gasteiger partial charge in [-0.2, -0.15) is 5.10 Å². The van der Waals surface area contributed by atoms with Gasteiger partial charge in [0.15, 0.2) is 0 Å². The van der Waals surface area contributed by atoms with Crippen molar-refractivity contribution in [2.24, 2.45) is 0 Å². The molecule has 1 saturated heterocycles. The number of nitrogens with zero attached hydrogens (tertiary/aromatic N) is 2. The van der Waals surface area contributed by atoms with E-state index in [2.05, 4.69) is 27.3 Å². The third-order valence-corrected chi connectivity index (χ3v) is 3.21. The first-order chi connectivity index (χ1) is 8.19. The Morgan fingerprint density at radius 3 is 2.88 bits per heavy atom. The number of H-pyrrole nitrogens is 1. The van der Waals surface area contributed by atoms with Gasteiger partial charge < -0.3 is 16.0 Å². The molecule has 1 aromatic heterocycles. The Morgan fingerprint density at radius 2 is 2.35 bits per heavy atom. The molecule has 1 aliphatic rings. The summed E-state index contributed by atoms with van der Waals surface area (Å²) in [4.78, 5) is 14.2. The van der Waals surface area contributed by atoms with Gasteiger partial charge >= 0.3 is 0 Å². The Morgan fingerprint density at radius 1 is 1.65 bits per heavy atom. The molecule has 4 N–H and O–H groups in total. The molecule has 0 saturated carbocycles. The maximum Gasteiger partial charge on any atom is 0.269 e. The zero-order valence-electron chi connectivity index (χ0n) is 10.1. The second-order valence-corrected chi connectivity index (χ2v) is 4.39. The van der Waals surface area contributed by atoms with E-state index in [9.17, 15) is 4.79 Å². The van der Waals surface area contributed by atoms with Crippen molar-refractivity contribution in [1.82, 2.24) is 20.4 Å². The van der Waals surface area contributed by atoms with Crippen LogP contribution in [0.1, 0.15) is 30.3 Å². The van der Waals surface area contributed by atoms with Crippen molar-refractivity contribution in [2.45, 2.75) is 25.8 Å². The fourth-order valence-corrected chi connectivity index (χ4v) is 2.11. The molecule has 2 heterocycles. The molecule has 1 amide bonds. The molecule has 1 aliphatic heterocycles. The normalized spacial score (nSPS) is 18.2. The summed E-state index contributed by atoms with van der Waals surface area (Å²) in [5.74, 6) is 0.222. The van der Waals surface area contributed by atoms with Crippen molar-refractivity contribution in [1.29, 1.82) is 0 Å². The summed E-state index contributed by atoms with van der Waals surface area (Å²) in [6.07, 6.45) is 2.01. The van der Waals surface area contributed by atoms with Crippen molar-refractivity contribution in [3.8, 4) is 0 Å². The van der Waals surface area contributed by atoms with Crippen LogP contribution in [-0.2, 0) is 0 Å². The lowest BCUT2D eigenvalue weighted by molar-refractivity contribution is 0.0907. The first-order valence-electron chi connectivity index (χ1n) is 6.03. The molecule has 0 aliphatic carbocycles. The van der Waals surface area contributed by atoms with E-state index in [4.69, 9.17) is 5.73 Å². The van der Waals surface area contributed by atoms with Crippen molar-refractivity contribution in [3.63, 3.8) is 0 Å². The standard InChI is InChI=1S/C11H19N5O/c1-2-16-5-3-8(4-6-16)13-11(17)9-7-10(12)15-14-9/h7-8H,2-6H2,1H3,(H,13,17)(H3,12,14,15). The highest BCUT2D eigenvalue weighted by molar-refractivity contribution is 5.93. The number of amides is 1. The fraction of sp³-hybridized carbons (Fsp3) is 0.636.